The summed E-state index contributed by atoms with van der Waals surface area (Å²) in [5.41, 5.74) is -3.14. The molecule has 0 aromatic carbocycles. The van der Waals surface area contributed by atoms with E-state index in [1.165, 1.54) is 34.8 Å². The SMILES string of the molecule is CCCCCCCC(=O)NCC(=O)N[C@@H](CC(C)C)C(=O)NC(C)(C)C(=O)NCC(=O)NCC(=O)N[C@@H](CC(C)C)C(=O)NC(C)(C)C(=O)NCC(=O)N[C@H](C(=O)N[C@@H](CC(C)C)C(=O)OC)[C@@H](C)CC. The van der Waals surface area contributed by atoms with E-state index in [4.69, 9.17) is 4.74 Å². The molecular weight excluding hydrogens is 921 g/mol. The van der Waals surface area contributed by atoms with Gasteiger partial charge in [0.1, 0.15) is 35.2 Å². The van der Waals surface area contributed by atoms with Crippen LogP contribution in [-0.4, -0.2) is 134 Å². The predicted octanol–water partition coefficient (Wildman–Crippen LogP) is 0.898. The van der Waals surface area contributed by atoms with Gasteiger partial charge in [-0.15, -0.1) is 0 Å². The number of methoxy groups -OCH3 is 1. The fourth-order valence-corrected chi connectivity index (χ4v) is 6.98. The molecule has 22 nitrogen and oxygen atoms in total. The third kappa shape index (κ3) is 27.4. The highest BCUT2D eigenvalue weighted by molar-refractivity contribution is 5.98. The molecule has 0 aliphatic rings. The minimum atomic E-state index is -1.59. The van der Waals surface area contributed by atoms with Crippen LogP contribution in [0.25, 0.3) is 0 Å². The molecular formula is C49H88N10O12. The highest BCUT2D eigenvalue weighted by atomic mass is 16.5. The van der Waals surface area contributed by atoms with Crippen molar-refractivity contribution in [2.75, 3.05) is 33.3 Å². The number of ether oxygens (including phenoxy) is 1. The number of rotatable bonds is 34. The molecule has 0 saturated heterocycles. The van der Waals surface area contributed by atoms with Crippen LogP contribution in [0.3, 0.4) is 0 Å². The molecule has 406 valence electrons. The van der Waals surface area contributed by atoms with Gasteiger partial charge in [-0.05, 0) is 77.0 Å². The Morgan fingerprint density at radius 1 is 0.451 bits per heavy atom. The van der Waals surface area contributed by atoms with Crippen LogP contribution < -0.4 is 53.2 Å². The second kappa shape index (κ2) is 32.9. The molecule has 0 saturated carbocycles. The Kier molecular flexibility index (Phi) is 30.2. The number of carbonyl (C=O) groups excluding carboxylic acids is 11. The third-order valence-electron chi connectivity index (χ3n) is 11.3. The molecule has 0 aromatic rings. The lowest BCUT2D eigenvalue weighted by molar-refractivity contribution is -0.146. The number of esters is 1. The van der Waals surface area contributed by atoms with Crippen LogP contribution in [0.2, 0.25) is 0 Å². The van der Waals surface area contributed by atoms with Crippen molar-refractivity contribution in [3.05, 3.63) is 0 Å². The quantitative estimate of drug-likeness (QED) is 0.0318. The van der Waals surface area contributed by atoms with Crippen molar-refractivity contribution in [1.29, 1.82) is 0 Å². The largest absolute Gasteiger partial charge is 0.467 e. The standard InChI is InChI=1S/C49H88N10O12/c1-15-17-18-19-20-21-36(60)50-26-38(62)54-33(22-29(3)4)42(65)58-48(10,11)46(69)52-25-37(61)51-27-39(63)55-34(23-30(5)6)43(66)59-49(12,13)47(70)53-28-40(64)57-41(32(9)16-2)44(67)56-35(24-31(7)8)45(68)71-14/h29-35,41H,15-28H2,1-14H3,(H,50,60)(H,51,61)(H,52,69)(H,53,70)(H,54,62)(H,55,63)(H,56,67)(H,57,64)(H,58,65)(H,59,66)/t32-,33-,34-,35-,41-/m0/s1. The molecule has 0 aliphatic carbocycles. The summed E-state index contributed by atoms with van der Waals surface area (Å²) in [6.07, 6.45) is 6.35. The van der Waals surface area contributed by atoms with Crippen LogP contribution in [-0.2, 0) is 57.5 Å². The van der Waals surface area contributed by atoms with E-state index in [1.54, 1.807) is 6.92 Å². The summed E-state index contributed by atoms with van der Waals surface area (Å²) >= 11 is 0. The molecule has 71 heavy (non-hydrogen) atoms. The first-order valence-electron chi connectivity index (χ1n) is 25.0. The fraction of sp³-hybridized carbons (Fsp3) is 0.776. The van der Waals surface area contributed by atoms with Crippen molar-refractivity contribution in [2.24, 2.45) is 23.7 Å². The zero-order valence-corrected chi connectivity index (χ0v) is 44.9. The maximum atomic E-state index is 13.5. The first-order valence-corrected chi connectivity index (χ1v) is 25.0. The Balaban J connectivity index is 5.35. The van der Waals surface area contributed by atoms with E-state index in [-0.39, 0.29) is 49.0 Å². The number of hydrogen-bond acceptors (Lipinski definition) is 12. The summed E-state index contributed by atoms with van der Waals surface area (Å²) in [6.45, 7) is 20.4. The molecule has 10 N–H and O–H groups in total. The Labute approximate surface area is 421 Å². The fourth-order valence-electron chi connectivity index (χ4n) is 6.98. The predicted molar refractivity (Wildman–Crippen MR) is 267 cm³/mol. The Bertz CT molecular complexity index is 1800. The van der Waals surface area contributed by atoms with E-state index in [0.29, 0.717) is 25.7 Å². The van der Waals surface area contributed by atoms with Crippen molar-refractivity contribution >= 4 is 65.0 Å². The minimum Gasteiger partial charge on any atom is -0.467 e. The van der Waals surface area contributed by atoms with Crippen molar-refractivity contribution in [3.8, 4) is 0 Å². The molecule has 10 amide bonds. The lowest BCUT2D eigenvalue weighted by Gasteiger charge is -2.29. The van der Waals surface area contributed by atoms with Gasteiger partial charge in [0.25, 0.3) is 0 Å². The van der Waals surface area contributed by atoms with E-state index in [9.17, 15) is 52.7 Å². The van der Waals surface area contributed by atoms with E-state index >= 15 is 0 Å². The molecule has 0 heterocycles. The smallest absolute Gasteiger partial charge is 0.328 e. The lowest BCUT2D eigenvalue weighted by Crippen LogP contribution is -2.61. The average molecular weight is 1010 g/mol. The molecule has 0 aliphatic heterocycles. The Morgan fingerprint density at radius 3 is 1.27 bits per heavy atom. The van der Waals surface area contributed by atoms with Crippen LogP contribution in [0.15, 0.2) is 0 Å². The van der Waals surface area contributed by atoms with Gasteiger partial charge in [0.05, 0.1) is 33.3 Å². The topological polar surface area (TPSA) is 317 Å². The number of amides is 10. The monoisotopic (exact) mass is 1010 g/mol. The number of nitrogens with one attached hydrogen (secondary N) is 10. The summed E-state index contributed by atoms with van der Waals surface area (Å²) < 4.78 is 4.84. The van der Waals surface area contributed by atoms with Gasteiger partial charge < -0.3 is 57.9 Å². The van der Waals surface area contributed by atoms with Crippen molar-refractivity contribution < 1.29 is 57.5 Å². The maximum absolute atomic E-state index is 13.5. The van der Waals surface area contributed by atoms with Gasteiger partial charge in [-0.25, -0.2) is 4.79 Å². The summed E-state index contributed by atoms with van der Waals surface area (Å²) in [7, 11) is 1.22. The molecule has 0 bridgehead atoms. The van der Waals surface area contributed by atoms with Crippen molar-refractivity contribution in [3.63, 3.8) is 0 Å². The van der Waals surface area contributed by atoms with Crippen LogP contribution in [0, 0.1) is 23.7 Å². The molecule has 0 aromatic heterocycles. The van der Waals surface area contributed by atoms with Crippen LogP contribution in [0.4, 0.5) is 0 Å². The van der Waals surface area contributed by atoms with Crippen LogP contribution in [0.1, 0.15) is 154 Å². The second-order valence-corrected chi connectivity index (χ2v) is 20.5. The normalized spacial score (nSPS) is 13.6. The molecule has 0 fully saturated rings. The second-order valence-electron chi connectivity index (χ2n) is 20.5. The van der Waals surface area contributed by atoms with Gasteiger partial charge in [0.15, 0.2) is 0 Å². The zero-order valence-electron chi connectivity index (χ0n) is 44.9. The van der Waals surface area contributed by atoms with Gasteiger partial charge >= 0.3 is 5.97 Å². The zero-order chi connectivity index (χ0) is 54.6. The maximum Gasteiger partial charge on any atom is 0.328 e. The molecule has 0 rings (SSSR count). The van der Waals surface area contributed by atoms with E-state index < -0.39 is 114 Å². The van der Waals surface area contributed by atoms with Crippen molar-refractivity contribution in [1.82, 2.24) is 53.2 Å². The lowest BCUT2D eigenvalue weighted by atomic mass is 9.97. The Morgan fingerprint density at radius 2 is 0.845 bits per heavy atom. The van der Waals surface area contributed by atoms with Crippen LogP contribution in [0.5, 0.6) is 0 Å². The summed E-state index contributed by atoms with van der Waals surface area (Å²) in [5, 5.41) is 25.5. The molecule has 0 unspecified atom stereocenters. The highest BCUT2D eigenvalue weighted by Gasteiger charge is 2.36. The summed E-state index contributed by atoms with van der Waals surface area (Å²) in [5.74, 6) is -7.52. The Hall–Kier alpha value is -5.83. The minimum absolute atomic E-state index is 0.0226. The van der Waals surface area contributed by atoms with Gasteiger partial charge in [-0.2, -0.15) is 0 Å². The van der Waals surface area contributed by atoms with E-state index in [1.807, 2.05) is 48.5 Å². The third-order valence-corrected chi connectivity index (χ3v) is 11.3. The van der Waals surface area contributed by atoms with E-state index in [2.05, 4.69) is 60.1 Å². The molecule has 5 atom stereocenters. The van der Waals surface area contributed by atoms with Gasteiger partial charge in [-0.3, -0.25) is 47.9 Å². The number of hydrogen-bond donors (Lipinski definition) is 10. The molecule has 0 spiro atoms. The average Bonchev–Trinajstić information content (AvgIpc) is 3.28. The summed E-state index contributed by atoms with van der Waals surface area (Å²) in [6, 6.07) is -4.13. The van der Waals surface area contributed by atoms with E-state index in [0.717, 1.165) is 25.7 Å². The number of carbonyl (C=O) groups is 11. The molecule has 22 heteroatoms. The summed E-state index contributed by atoms with van der Waals surface area (Å²) in [4.78, 5) is 143. The van der Waals surface area contributed by atoms with Gasteiger partial charge in [-0.1, -0.05) is 94.4 Å². The van der Waals surface area contributed by atoms with Crippen LogP contribution >= 0.6 is 0 Å². The van der Waals surface area contributed by atoms with Crippen molar-refractivity contribution in [2.45, 2.75) is 189 Å². The van der Waals surface area contributed by atoms with Gasteiger partial charge in [0, 0.05) is 6.42 Å². The first kappa shape index (κ1) is 65.2. The molecule has 0 radical (unpaired) electrons. The first-order chi connectivity index (χ1) is 33.0. The van der Waals surface area contributed by atoms with Gasteiger partial charge in [0.2, 0.25) is 59.1 Å². The highest BCUT2D eigenvalue weighted by Crippen LogP contribution is 2.13. The number of unbranched alkanes of at least 4 members (excludes halogenated alkanes) is 4.